The fourth-order valence-corrected chi connectivity index (χ4v) is 2.55. The number of rotatable bonds is 10. The van der Waals surface area contributed by atoms with E-state index in [0.29, 0.717) is 13.0 Å². The van der Waals surface area contributed by atoms with E-state index in [0.717, 1.165) is 24.0 Å². The number of hydrogen-bond donors (Lipinski definition) is 2. The van der Waals surface area contributed by atoms with E-state index in [1.807, 2.05) is 66.7 Å². The molecule has 2 aromatic carbocycles. The Bertz CT molecular complexity index is 717. The molecular formula is C22H26N2O3. The average Bonchev–Trinajstić information content (AvgIpc) is 2.70. The molecule has 2 rings (SSSR count). The van der Waals surface area contributed by atoms with Crippen molar-refractivity contribution in [2.24, 2.45) is 0 Å². The minimum Gasteiger partial charge on any atom is -0.445 e. The second-order valence-corrected chi connectivity index (χ2v) is 6.17. The number of nitrogens with one attached hydrogen (secondary N) is 2. The average molecular weight is 366 g/mol. The summed E-state index contributed by atoms with van der Waals surface area (Å²) in [6, 6.07) is 18.3. The summed E-state index contributed by atoms with van der Waals surface area (Å²) in [6.45, 7) is 4.36. The molecule has 2 amide bonds. The summed E-state index contributed by atoms with van der Waals surface area (Å²) in [4.78, 5) is 24.7. The Morgan fingerprint density at radius 2 is 1.63 bits per heavy atom. The van der Waals surface area contributed by atoms with Crippen LogP contribution >= 0.6 is 0 Å². The summed E-state index contributed by atoms with van der Waals surface area (Å²) in [5.74, 6) is -0.223. The van der Waals surface area contributed by atoms with Crippen molar-refractivity contribution < 1.29 is 14.3 Å². The molecule has 0 fully saturated rings. The highest BCUT2D eigenvalue weighted by molar-refractivity contribution is 5.85. The molecule has 0 aliphatic carbocycles. The third kappa shape index (κ3) is 7.77. The smallest absolute Gasteiger partial charge is 0.408 e. The molecule has 0 bridgehead atoms. The van der Waals surface area contributed by atoms with Crippen LogP contribution < -0.4 is 10.6 Å². The first kappa shape index (κ1) is 20.2. The lowest BCUT2D eigenvalue weighted by Gasteiger charge is -2.18. The second kappa shape index (κ2) is 11.5. The molecule has 0 aliphatic rings. The van der Waals surface area contributed by atoms with Gasteiger partial charge in [0.05, 0.1) is 0 Å². The summed E-state index contributed by atoms with van der Waals surface area (Å²) < 4.78 is 5.25. The molecule has 142 valence electrons. The van der Waals surface area contributed by atoms with Crippen LogP contribution in [0.5, 0.6) is 0 Å². The predicted molar refractivity (Wildman–Crippen MR) is 106 cm³/mol. The number of carbonyl (C=O) groups excluding carboxylic acids is 2. The highest BCUT2D eigenvalue weighted by Crippen LogP contribution is 2.05. The Labute approximate surface area is 160 Å². The van der Waals surface area contributed by atoms with Gasteiger partial charge in [0.25, 0.3) is 0 Å². The maximum absolute atomic E-state index is 12.5. The lowest BCUT2D eigenvalue weighted by molar-refractivity contribution is -0.123. The largest absolute Gasteiger partial charge is 0.445 e. The number of amides is 2. The van der Waals surface area contributed by atoms with Gasteiger partial charge in [-0.2, -0.15) is 0 Å². The van der Waals surface area contributed by atoms with E-state index >= 15 is 0 Å². The van der Waals surface area contributed by atoms with E-state index in [9.17, 15) is 9.59 Å². The Kier molecular flexibility index (Phi) is 8.63. The highest BCUT2D eigenvalue weighted by Gasteiger charge is 2.21. The SMILES string of the molecule is C=CCCCNC(=O)C(Cc1ccccc1)NC(=O)OCc1ccccc1. The number of carbonyl (C=O) groups is 2. The van der Waals surface area contributed by atoms with Crippen molar-refractivity contribution in [2.75, 3.05) is 6.54 Å². The van der Waals surface area contributed by atoms with E-state index in [1.165, 1.54) is 0 Å². The zero-order valence-electron chi connectivity index (χ0n) is 15.4. The molecule has 5 heteroatoms. The van der Waals surface area contributed by atoms with Gasteiger partial charge in [0.15, 0.2) is 0 Å². The van der Waals surface area contributed by atoms with Gasteiger partial charge >= 0.3 is 6.09 Å². The van der Waals surface area contributed by atoms with Crippen molar-refractivity contribution in [3.05, 3.63) is 84.4 Å². The van der Waals surface area contributed by atoms with Gasteiger partial charge in [-0.3, -0.25) is 4.79 Å². The van der Waals surface area contributed by atoms with Gasteiger partial charge in [-0.25, -0.2) is 4.79 Å². The first-order valence-electron chi connectivity index (χ1n) is 9.09. The standard InChI is InChI=1S/C22H26N2O3/c1-2-3-10-15-23-21(25)20(16-18-11-6-4-7-12-18)24-22(26)27-17-19-13-8-5-9-14-19/h2,4-9,11-14,20H,1,3,10,15-17H2,(H,23,25)(H,24,26). The van der Waals surface area contributed by atoms with Crippen molar-refractivity contribution in [1.82, 2.24) is 10.6 Å². The van der Waals surface area contributed by atoms with Crippen molar-refractivity contribution in [3.63, 3.8) is 0 Å². The van der Waals surface area contributed by atoms with Crippen molar-refractivity contribution in [3.8, 4) is 0 Å². The molecule has 1 unspecified atom stereocenters. The summed E-state index contributed by atoms with van der Waals surface area (Å²) in [5.41, 5.74) is 1.85. The minimum atomic E-state index is -0.695. The van der Waals surface area contributed by atoms with Crippen molar-refractivity contribution >= 4 is 12.0 Å². The van der Waals surface area contributed by atoms with Crippen LogP contribution in [0.1, 0.15) is 24.0 Å². The summed E-state index contributed by atoms with van der Waals surface area (Å²) in [6.07, 6.45) is 3.24. The van der Waals surface area contributed by atoms with Crippen molar-refractivity contribution in [2.45, 2.75) is 31.9 Å². The van der Waals surface area contributed by atoms with Gasteiger partial charge in [-0.05, 0) is 24.0 Å². The normalized spacial score (nSPS) is 11.3. The lowest BCUT2D eigenvalue weighted by atomic mass is 10.1. The summed E-state index contributed by atoms with van der Waals surface area (Å²) >= 11 is 0. The Balaban J connectivity index is 1.92. The van der Waals surface area contributed by atoms with E-state index in [-0.39, 0.29) is 12.5 Å². The van der Waals surface area contributed by atoms with Gasteiger partial charge < -0.3 is 15.4 Å². The minimum absolute atomic E-state index is 0.158. The molecule has 0 aliphatic heterocycles. The number of allylic oxidation sites excluding steroid dienone is 1. The van der Waals surface area contributed by atoms with E-state index in [4.69, 9.17) is 4.74 Å². The molecule has 5 nitrogen and oxygen atoms in total. The van der Waals surface area contributed by atoms with Crippen LogP contribution in [0, 0.1) is 0 Å². The van der Waals surface area contributed by atoms with Crippen LogP contribution in [0.3, 0.4) is 0 Å². The third-order valence-electron chi connectivity index (χ3n) is 3.99. The summed E-state index contributed by atoms with van der Waals surface area (Å²) in [7, 11) is 0. The molecule has 0 radical (unpaired) electrons. The number of hydrogen-bond acceptors (Lipinski definition) is 3. The van der Waals surface area contributed by atoms with Crippen LogP contribution in [-0.4, -0.2) is 24.6 Å². The molecule has 2 aromatic rings. The zero-order chi connectivity index (χ0) is 19.3. The number of benzene rings is 2. The van der Waals surface area contributed by atoms with Gasteiger partial charge in [-0.1, -0.05) is 66.7 Å². The molecule has 1 atom stereocenters. The van der Waals surface area contributed by atoms with Crippen LogP contribution in [0.4, 0.5) is 4.79 Å². The molecule has 0 heterocycles. The van der Waals surface area contributed by atoms with Crippen LogP contribution in [0.25, 0.3) is 0 Å². The molecule has 0 saturated carbocycles. The van der Waals surface area contributed by atoms with E-state index in [2.05, 4.69) is 17.2 Å². The number of unbranched alkanes of at least 4 members (excludes halogenated alkanes) is 1. The monoisotopic (exact) mass is 366 g/mol. The zero-order valence-corrected chi connectivity index (χ0v) is 15.4. The molecule has 0 aromatic heterocycles. The number of alkyl carbamates (subject to hydrolysis) is 1. The van der Waals surface area contributed by atoms with Crippen LogP contribution in [0.2, 0.25) is 0 Å². The molecule has 0 spiro atoms. The van der Waals surface area contributed by atoms with Gasteiger partial charge in [0, 0.05) is 13.0 Å². The first-order chi connectivity index (χ1) is 13.2. The first-order valence-corrected chi connectivity index (χ1v) is 9.09. The maximum atomic E-state index is 12.5. The quantitative estimate of drug-likeness (QED) is 0.499. The van der Waals surface area contributed by atoms with E-state index < -0.39 is 12.1 Å². The molecule has 27 heavy (non-hydrogen) atoms. The highest BCUT2D eigenvalue weighted by atomic mass is 16.5. The van der Waals surface area contributed by atoms with E-state index in [1.54, 1.807) is 0 Å². The maximum Gasteiger partial charge on any atom is 0.408 e. The summed E-state index contributed by atoms with van der Waals surface area (Å²) in [5, 5.41) is 5.54. The van der Waals surface area contributed by atoms with Gasteiger partial charge in [0.1, 0.15) is 12.6 Å². The lowest BCUT2D eigenvalue weighted by Crippen LogP contribution is -2.48. The Hall–Kier alpha value is -3.08. The fraction of sp³-hybridized carbons (Fsp3) is 0.273. The molecular weight excluding hydrogens is 340 g/mol. The third-order valence-corrected chi connectivity index (χ3v) is 3.99. The second-order valence-electron chi connectivity index (χ2n) is 6.17. The van der Waals surface area contributed by atoms with Crippen LogP contribution in [-0.2, 0) is 22.6 Å². The Morgan fingerprint density at radius 1 is 1.00 bits per heavy atom. The topological polar surface area (TPSA) is 67.4 Å². The number of ether oxygens (including phenoxy) is 1. The van der Waals surface area contributed by atoms with Gasteiger partial charge in [0.2, 0.25) is 5.91 Å². The van der Waals surface area contributed by atoms with Gasteiger partial charge in [-0.15, -0.1) is 6.58 Å². The van der Waals surface area contributed by atoms with Crippen LogP contribution in [0.15, 0.2) is 73.3 Å². The Morgan fingerprint density at radius 3 is 2.26 bits per heavy atom. The fourth-order valence-electron chi connectivity index (χ4n) is 2.55. The molecule has 2 N–H and O–H groups in total. The van der Waals surface area contributed by atoms with Crippen molar-refractivity contribution in [1.29, 1.82) is 0 Å². The predicted octanol–water partition coefficient (Wildman–Crippen LogP) is 3.61. The molecule has 0 saturated heterocycles.